The highest BCUT2D eigenvalue weighted by molar-refractivity contribution is 5.80. The van der Waals surface area contributed by atoms with E-state index in [1.165, 1.54) is 6.42 Å². The Bertz CT molecular complexity index is 611. The summed E-state index contributed by atoms with van der Waals surface area (Å²) in [6.07, 6.45) is 1.92. The highest BCUT2D eigenvalue weighted by atomic mass is 16.5. The summed E-state index contributed by atoms with van der Waals surface area (Å²) < 4.78 is 11.4. The van der Waals surface area contributed by atoms with Crippen molar-refractivity contribution in [3.8, 4) is 0 Å². The second-order valence-corrected chi connectivity index (χ2v) is 7.72. The molecule has 0 aromatic carbocycles. The number of guanidine groups is 1. The Hall–Kier alpha value is -1.53. The largest absolute Gasteiger partial charge is 0.464 e. The molecule has 1 aliphatic carbocycles. The third-order valence-corrected chi connectivity index (χ3v) is 5.48. The topological polar surface area (TPSA) is 79.0 Å². The number of aliphatic hydroxyl groups is 1. The van der Waals surface area contributed by atoms with Gasteiger partial charge < -0.3 is 24.9 Å². The standard InChI is InChI=1S/C19H31N3O3/c1-5-20-18(21-11-14(23)15-9-8-12(2)25-15)22-16-13-7-6-10-24-17(13)19(16,3)4/h8-9,13-14,16-17,23H,5-7,10-11H2,1-4H3,(H2,20,21,22). The van der Waals surface area contributed by atoms with Crippen molar-refractivity contribution in [2.24, 2.45) is 16.3 Å². The van der Waals surface area contributed by atoms with Crippen LogP contribution >= 0.6 is 0 Å². The number of nitrogens with zero attached hydrogens (tertiary/aromatic N) is 1. The molecular weight excluding hydrogens is 318 g/mol. The average Bonchev–Trinajstić information content (AvgIpc) is 3.03. The number of furan rings is 1. The molecule has 2 heterocycles. The fourth-order valence-corrected chi connectivity index (χ4v) is 4.18. The predicted molar refractivity (Wildman–Crippen MR) is 97.6 cm³/mol. The molecule has 0 spiro atoms. The van der Waals surface area contributed by atoms with Crippen molar-refractivity contribution in [1.29, 1.82) is 0 Å². The van der Waals surface area contributed by atoms with Crippen molar-refractivity contribution >= 4 is 5.96 Å². The molecule has 25 heavy (non-hydrogen) atoms. The molecule has 0 radical (unpaired) electrons. The molecule has 1 aliphatic heterocycles. The Balaban J connectivity index is 1.64. The zero-order valence-electron chi connectivity index (χ0n) is 15.7. The molecule has 1 saturated heterocycles. The lowest BCUT2D eigenvalue weighted by Gasteiger charge is -2.60. The van der Waals surface area contributed by atoms with Gasteiger partial charge in [-0.3, -0.25) is 4.99 Å². The number of rotatable bonds is 5. The van der Waals surface area contributed by atoms with E-state index in [-0.39, 0.29) is 12.0 Å². The third kappa shape index (κ3) is 3.70. The molecule has 4 atom stereocenters. The van der Waals surface area contributed by atoms with Gasteiger partial charge in [-0.2, -0.15) is 0 Å². The van der Waals surface area contributed by atoms with E-state index in [9.17, 15) is 5.11 Å². The van der Waals surface area contributed by atoms with Crippen LogP contribution in [-0.2, 0) is 4.74 Å². The number of aryl methyl sites for hydroxylation is 1. The van der Waals surface area contributed by atoms with Crippen molar-refractivity contribution < 1.29 is 14.3 Å². The van der Waals surface area contributed by atoms with Gasteiger partial charge in [-0.15, -0.1) is 0 Å². The van der Waals surface area contributed by atoms with Crippen LogP contribution < -0.4 is 10.6 Å². The minimum absolute atomic E-state index is 0.0814. The number of hydrogen-bond donors (Lipinski definition) is 3. The van der Waals surface area contributed by atoms with Gasteiger partial charge in [0, 0.05) is 30.5 Å². The summed E-state index contributed by atoms with van der Waals surface area (Å²) in [5.74, 6) is 2.63. The first-order valence-corrected chi connectivity index (χ1v) is 9.34. The van der Waals surface area contributed by atoms with Crippen LogP contribution in [0.25, 0.3) is 0 Å². The first-order chi connectivity index (χ1) is 11.9. The van der Waals surface area contributed by atoms with Gasteiger partial charge in [0.05, 0.1) is 12.6 Å². The van der Waals surface area contributed by atoms with E-state index >= 15 is 0 Å². The fourth-order valence-electron chi connectivity index (χ4n) is 4.18. The van der Waals surface area contributed by atoms with Crippen LogP contribution in [0, 0.1) is 18.3 Å². The predicted octanol–water partition coefficient (Wildman–Crippen LogP) is 2.38. The van der Waals surface area contributed by atoms with Gasteiger partial charge in [-0.1, -0.05) is 13.8 Å². The highest BCUT2D eigenvalue weighted by Crippen LogP contribution is 2.51. The van der Waals surface area contributed by atoms with E-state index in [2.05, 4.69) is 29.5 Å². The first kappa shape index (κ1) is 18.3. The summed E-state index contributed by atoms with van der Waals surface area (Å²) in [5, 5.41) is 17.1. The fraction of sp³-hybridized carbons (Fsp3) is 0.737. The molecule has 6 nitrogen and oxygen atoms in total. The number of aliphatic hydroxyl groups excluding tert-OH is 1. The van der Waals surface area contributed by atoms with Gasteiger partial charge in [0.1, 0.15) is 17.6 Å². The molecular formula is C19H31N3O3. The molecule has 1 aromatic rings. The molecule has 3 N–H and O–H groups in total. The van der Waals surface area contributed by atoms with Crippen molar-refractivity contribution in [1.82, 2.24) is 10.6 Å². The molecule has 2 aliphatic rings. The van der Waals surface area contributed by atoms with Gasteiger partial charge >= 0.3 is 0 Å². The minimum atomic E-state index is -0.732. The van der Waals surface area contributed by atoms with Crippen LogP contribution in [-0.4, -0.2) is 42.9 Å². The molecule has 0 amide bonds. The van der Waals surface area contributed by atoms with E-state index in [0.717, 1.165) is 31.3 Å². The van der Waals surface area contributed by atoms with Crippen molar-refractivity contribution in [3.05, 3.63) is 23.7 Å². The minimum Gasteiger partial charge on any atom is -0.464 e. The monoisotopic (exact) mass is 349 g/mol. The summed E-state index contributed by atoms with van der Waals surface area (Å²) in [6, 6.07) is 3.99. The maximum Gasteiger partial charge on any atom is 0.191 e. The third-order valence-electron chi connectivity index (χ3n) is 5.48. The van der Waals surface area contributed by atoms with Crippen molar-refractivity contribution in [3.63, 3.8) is 0 Å². The molecule has 1 aromatic heterocycles. The zero-order valence-corrected chi connectivity index (χ0v) is 15.7. The Kier molecular flexibility index (Phi) is 5.39. The SMILES string of the molecule is CCNC(=NCC(O)c1ccc(C)o1)NC1C2CCCOC2C1(C)C. The van der Waals surface area contributed by atoms with Gasteiger partial charge in [0.2, 0.25) is 0 Å². The van der Waals surface area contributed by atoms with Crippen molar-refractivity contribution in [2.75, 3.05) is 19.7 Å². The molecule has 4 unspecified atom stereocenters. The van der Waals surface area contributed by atoms with Crippen LogP contribution in [0.3, 0.4) is 0 Å². The van der Waals surface area contributed by atoms with Gasteiger partial charge in [0.25, 0.3) is 0 Å². The van der Waals surface area contributed by atoms with Crippen LogP contribution in [0.5, 0.6) is 0 Å². The van der Waals surface area contributed by atoms with Gasteiger partial charge in [0.15, 0.2) is 5.96 Å². The summed E-state index contributed by atoms with van der Waals surface area (Å²) >= 11 is 0. The summed E-state index contributed by atoms with van der Waals surface area (Å²) in [6.45, 7) is 10.3. The lowest BCUT2D eigenvalue weighted by Crippen LogP contribution is -2.71. The number of ether oxygens (including phenoxy) is 1. The maximum absolute atomic E-state index is 10.3. The van der Waals surface area contributed by atoms with Crippen molar-refractivity contribution in [2.45, 2.75) is 58.8 Å². The smallest absolute Gasteiger partial charge is 0.191 e. The molecule has 2 fully saturated rings. The maximum atomic E-state index is 10.3. The van der Waals surface area contributed by atoms with E-state index in [0.29, 0.717) is 23.8 Å². The number of fused-ring (bicyclic) bond motifs is 1. The molecule has 1 saturated carbocycles. The molecule has 140 valence electrons. The first-order valence-electron chi connectivity index (χ1n) is 9.34. The lowest BCUT2D eigenvalue weighted by atomic mass is 9.55. The summed E-state index contributed by atoms with van der Waals surface area (Å²) in [5.41, 5.74) is 0.0814. The Labute approximate surface area is 150 Å². The highest BCUT2D eigenvalue weighted by Gasteiger charge is 2.58. The normalized spacial score (nSPS) is 29.5. The van der Waals surface area contributed by atoms with Crippen LogP contribution in [0.1, 0.15) is 51.2 Å². The Morgan fingerprint density at radius 1 is 1.44 bits per heavy atom. The van der Waals surface area contributed by atoms with Crippen LogP contribution in [0.2, 0.25) is 0 Å². The van der Waals surface area contributed by atoms with E-state index < -0.39 is 6.10 Å². The second kappa shape index (κ2) is 7.38. The summed E-state index contributed by atoms with van der Waals surface area (Å²) in [4.78, 5) is 4.57. The van der Waals surface area contributed by atoms with Gasteiger partial charge in [-0.05, 0) is 38.8 Å². The zero-order chi connectivity index (χ0) is 18.0. The number of aliphatic imine (C=N–C) groups is 1. The Morgan fingerprint density at radius 2 is 2.24 bits per heavy atom. The van der Waals surface area contributed by atoms with Crippen LogP contribution in [0.15, 0.2) is 21.5 Å². The Morgan fingerprint density at radius 3 is 2.92 bits per heavy atom. The van der Waals surface area contributed by atoms with Crippen LogP contribution in [0.4, 0.5) is 0 Å². The van der Waals surface area contributed by atoms with E-state index in [1.807, 2.05) is 19.9 Å². The lowest BCUT2D eigenvalue weighted by molar-refractivity contribution is -0.188. The van der Waals surface area contributed by atoms with E-state index in [4.69, 9.17) is 9.15 Å². The molecule has 6 heteroatoms. The number of hydrogen-bond acceptors (Lipinski definition) is 4. The second-order valence-electron chi connectivity index (χ2n) is 7.72. The molecule has 0 bridgehead atoms. The van der Waals surface area contributed by atoms with E-state index in [1.54, 1.807) is 6.07 Å². The van der Waals surface area contributed by atoms with Gasteiger partial charge in [-0.25, -0.2) is 0 Å². The number of nitrogens with one attached hydrogen (secondary N) is 2. The molecule has 3 rings (SSSR count). The quantitative estimate of drug-likeness (QED) is 0.562. The average molecular weight is 349 g/mol. The summed E-state index contributed by atoms with van der Waals surface area (Å²) in [7, 11) is 0.